The van der Waals surface area contributed by atoms with Crippen LogP contribution < -0.4 is 5.32 Å². The van der Waals surface area contributed by atoms with Gasteiger partial charge in [-0.1, -0.05) is 57.5 Å². The van der Waals surface area contributed by atoms with Gasteiger partial charge in [0.1, 0.15) is 12.2 Å². The summed E-state index contributed by atoms with van der Waals surface area (Å²) in [7, 11) is 1.64. The average molecular weight is 460 g/mol. The number of nitrogens with one attached hydrogen (secondary N) is 1. The molecule has 0 saturated carbocycles. The highest BCUT2D eigenvalue weighted by Gasteiger charge is 2.52. The van der Waals surface area contributed by atoms with Crippen molar-refractivity contribution >= 4 is 17.8 Å². The van der Waals surface area contributed by atoms with Crippen LogP contribution in [0.3, 0.4) is 0 Å². The first kappa shape index (κ1) is 25.0. The zero-order valence-corrected chi connectivity index (χ0v) is 20.2. The van der Waals surface area contributed by atoms with Crippen molar-refractivity contribution in [2.75, 3.05) is 39.9 Å². The van der Waals surface area contributed by atoms with Crippen molar-refractivity contribution < 1.29 is 19.1 Å². The van der Waals surface area contributed by atoms with Gasteiger partial charge in [-0.2, -0.15) is 0 Å². The summed E-state index contributed by atoms with van der Waals surface area (Å²) in [5.74, 6) is -0.166. The number of carbonyl (C=O) groups is 3. The molecule has 9 heteroatoms. The van der Waals surface area contributed by atoms with Crippen LogP contribution in [0.1, 0.15) is 39.2 Å². The summed E-state index contributed by atoms with van der Waals surface area (Å²) in [6.45, 7) is 8.30. The second-order valence-electron chi connectivity index (χ2n) is 8.71. The molecule has 0 spiro atoms. The number of urea groups is 1. The monoisotopic (exact) mass is 459 g/mol. The number of fused-ring (bicyclic) bond motifs is 1. The summed E-state index contributed by atoms with van der Waals surface area (Å²) < 4.78 is 5.17. The van der Waals surface area contributed by atoms with Crippen LogP contribution in [0.4, 0.5) is 4.79 Å². The number of amides is 4. The van der Waals surface area contributed by atoms with Crippen molar-refractivity contribution in [3.05, 3.63) is 35.9 Å². The number of methoxy groups -OCH3 is 1. The number of piperazine rings is 1. The topological polar surface area (TPSA) is 85.4 Å². The highest BCUT2D eigenvalue weighted by Crippen LogP contribution is 2.30. The minimum absolute atomic E-state index is 0.0171. The Morgan fingerprint density at radius 1 is 1.21 bits per heavy atom. The number of likely N-dealkylation sites (N-methyl/N-ethyl adjacent to an activating group) is 1. The van der Waals surface area contributed by atoms with Crippen LogP contribution in [0.15, 0.2) is 30.3 Å². The zero-order valence-electron chi connectivity index (χ0n) is 20.2. The van der Waals surface area contributed by atoms with Gasteiger partial charge in [-0.3, -0.25) is 9.59 Å². The van der Waals surface area contributed by atoms with E-state index in [4.69, 9.17) is 4.74 Å². The molecule has 2 aliphatic heterocycles. The third-order valence-electron chi connectivity index (χ3n) is 6.58. The Bertz CT molecular complexity index is 820. The van der Waals surface area contributed by atoms with Gasteiger partial charge >= 0.3 is 6.03 Å². The Morgan fingerprint density at radius 3 is 2.58 bits per heavy atom. The minimum atomic E-state index is -0.577. The summed E-state index contributed by atoms with van der Waals surface area (Å²) in [5, 5.41) is 6.43. The fourth-order valence-electron chi connectivity index (χ4n) is 4.61. The highest BCUT2D eigenvalue weighted by atomic mass is 16.5. The van der Waals surface area contributed by atoms with Gasteiger partial charge < -0.3 is 19.9 Å². The van der Waals surface area contributed by atoms with Crippen molar-refractivity contribution in [1.82, 2.24) is 25.1 Å². The Hall–Kier alpha value is -2.65. The van der Waals surface area contributed by atoms with Crippen molar-refractivity contribution in [1.29, 1.82) is 0 Å². The molecule has 2 fully saturated rings. The van der Waals surface area contributed by atoms with E-state index in [-0.39, 0.29) is 36.9 Å². The molecule has 3 rings (SSSR count). The van der Waals surface area contributed by atoms with Crippen molar-refractivity contribution in [3.63, 3.8) is 0 Å². The lowest BCUT2D eigenvalue weighted by atomic mass is 9.92. The maximum atomic E-state index is 13.4. The van der Waals surface area contributed by atoms with Crippen molar-refractivity contribution in [2.45, 2.75) is 52.4 Å². The van der Waals surface area contributed by atoms with E-state index in [0.29, 0.717) is 32.7 Å². The second-order valence-corrected chi connectivity index (χ2v) is 8.71. The van der Waals surface area contributed by atoms with E-state index in [1.165, 1.54) is 0 Å². The number of benzene rings is 1. The summed E-state index contributed by atoms with van der Waals surface area (Å²) in [6.07, 6.45) is 0.922. The summed E-state index contributed by atoms with van der Waals surface area (Å²) >= 11 is 0. The Morgan fingerprint density at radius 2 is 1.94 bits per heavy atom. The first-order valence-corrected chi connectivity index (χ1v) is 11.9. The molecular weight excluding hydrogens is 422 g/mol. The number of hydrazine groups is 1. The Labute approximate surface area is 196 Å². The number of hydrogen-bond acceptors (Lipinski definition) is 5. The summed E-state index contributed by atoms with van der Waals surface area (Å²) in [6, 6.07) is 8.87. The largest absolute Gasteiger partial charge is 0.385 e. The molecule has 182 valence electrons. The molecule has 4 amide bonds. The molecule has 0 aliphatic carbocycles. The van der Waals surface area contributed by atoms with Gasteiger partial charge in [0.25, 0.3) is 0 Å². The number of rotatable bonds is 9. The van der Waals surface area contributed by atoms with E-state index in [1.54, 1.807) is 26.9 Å². The van der Waals surface area contributed by atoms with Gasteiger partial charge in [-0.15, -0.1) is 0 Å². The SMILES string of the molecule is CCC(C)[C@H]1C(=O)N(CCCOC)C[C@H]2N1C(=O)CN(CC)N2C(=O)NCc1ccccc1. The van der Waals surface area contributed by atoms with Gasteiger partial charge in [0.2, 0.25) is 11.8 Å². The first-order chi connectivity index (χ1) is 15.9. The minimum Gasteiger partial charge on any atom is -0.385 e. The van der Waals surface area contributed by atoms with Gasteiger partial charge in [0.05, 0.1) is 13.1 Å². The molecule has 2 heterocycles. The number of nitrogens with zero attached hydrogens (tertiary/aromatic N) is 4. The fourth-order valence-corrected chi connectivity index (χ4v) is 4.61. The molecule has 0 bridgehead atoms. The number of hydrogen-bond donors (Lipinski definition) is 1. The van der Waals surface area contributed by atoms with E-state index in [2.05, 4.69) is 5.32 Å². The molecule has 3 atom stereocenters. The van der Waals surface area contributed by atoms with Crippen molar-refractivity contribution in [2.24, 2.45) is 5.92 Å². The molecule has 2 aliphatic rings. The zero-order chi connectivity index (χ0) is 24.0. The van der Waals surface area contributed by atoms with Crippen LogP contribution in [0.2, 0.25) is 0 Å². The standard InChI is InChI=1S/C24H37N5O4/c1-5-18(3)22-23(31)26(13-10-14-33-4)16-20-28(22)21(30)17-27(6-2)29(20)24(32)25-15-19-11-8-7-9-12-19/h7-9,11-12,18,20,22H,5-6,10,13-17H2,1-4H3,(H,25,32)/t18?,20-,22-/m0/s1. The lowest BCUT2D eigenvalue weighted by molar-refractivity contribution is -0.193. The molecular formula is C24H37N5O4. The van der Waals surface area contributed by atoms with E-state index in [9.17, 15) is 14.4 Å². The predicted molar refractivity (Wildman–Crippen MR) is 125 cm³/mol. The summed E-state index contributed by atoms with van der Waals surface area (Å²) in [4.78, 5) is 43.5. The first-order valence-electron chi connectivity index (χ1n) is 11.9. The molecule has 2 saturated heterocycles. The van der Waals surface area contributed by atoms with Crippen LogP contribution in [-0.2, 0) is 20.9 Å². The molecule has 33 heavy (non-hydrogen) atoms. The molecule has 1 aromatic rings. The average Bonchev–Trinajstić information content (AvgIpc) is 2.83. The van der Waals surface area contributed by atoms with Gasteiger partial charge in [0, 0.05) is 33.4 Å². The van der Waals surface area contributed by atoms with Crippen LogP contribution in [0.25, 0.3) is 0 Å². The lowest BCUT2D eigenvalue weighted by Crippen LogP contribution is -2.77. The molecule has 1 unspecified atom stereocenters. The smallest absolute Gasteiger partial charge is 0.334 e. The van der Waals surface area contributed by atoms with Crippen LogP contribution in [-0.4, -0.2) is 89.8 Å². The predicted octanol–water partition coefficient (Wildman–Crippen LogP) is 1.90. The van der Waals surface area contributed by atoms with E-state index < -0.39 is 12.2 Å². The lowest BCUT2D eigenvalue weighted by Gasteiger charge is -2.56. The third-order valence-corrected chi connectivity index (χ3v) is 6.58. The van der Waals surface area contributed by atoms with Crippen molar-refractivity contribution in [3.8, 4) is 0 Å². The number of carbonyl (C=O) groups excluding carboxylic acids is 3. The maximum Gasteiger partial charge on any atom is 0.334 e. The van der Waals surface area contributed by atoms with E-state index in [1.807, 2.05) is 51.1 Å². The van der Waals surface area contributed by atoms with Gasteiger partial charge in [0.15, 0.2) is 0 Å². The fraction of sp³-hybridized carbons (Fsp3) is 0.625. The molecule has 9 nitrogen and oxygen atoms in total. The second kappa shape index (κ2) is 11.5. The number of ether oxygens (including phenoxy) is 1. The van der Waals surface area contributed by atoms with Gasteiger partial charge in [-0.25, -0.2) is 14.8 Å². The Balaban J connectivity index is 1.88. The maximum absolute atomic E-state index is 13.4. The summed E-state index contributed by atoms with van der Waals surface area (Å²) in [5.41, 5.74) is 0.997. The molecule has 1 aromatic carbocycles. The molecule has 0 radical (unpaired) electrons. The highest BCUT2D eigenvalue weighted by molar-refractivity contribution is 5.91. The normalized spacial score (nSPS) is 22.4. The van der Waals surface area contributed by atoms with Crippen LogP contribution >= 0.6 is 0 Å². The Kier molecular flexibility index (Phi) is 8.68. The van der Waals surface area contributed by atoms with E-state index >= 15 is 0 Å². The molecule has 1 N–H and O–H groups in total. The quantitative estimate of drug-likeness (QED) is 0.570. The van der Waals surface area contributed by atoms with Crippen LogP contribution in [0.5, 0.6) is 0 Å². The van der Waals surface area contributed by atoms with Crippen LogP contribution in [0, 0.1) is 5.92 Å². The van der Waals surface area contributed by atoms with Gasteiger partial charge in [-0.05, 0) is 17.9 Å². The molecule has 0 aromatic heterocycles. The van der Waals surface area contributed by atoms with E-state index in [0.717, 1.165) is 12.0 Å². The third kappa shape index (κ3) is 5.47.